The van der Waals surface area contributed by atoms with Crippen molar-refractivity contribution in [1.82, 2.24) is 14.7 Å². The van der Waals surface area contributed by atoms with Gasteiger partial charge >= 0.3 is 0 Å². The molecule has 0 aliphatic heterocycles. The lowest BCUT2D eigenvalue weighted by atomic mass is 9.92. The Balaban J connectivity index is 1.82. The quantitative estimate of drug-likeness (QED) is 0.433. The average molecular weight is 473 g/mol. The van der Waals surface area contributed by atoms with Gasteiger partial charge in [0.15, 0.2) is 0 Å². The normalized spacial score (nSPS) is 11.7. The fourth-order valence-electron chi connectivity index (χ4n) is 3.66. The van der Waals surface area contributed by atoms with Crippen molar-refractivity contribution in [1.29, 1.82) is 0 Å². The lowest BCUT2D eigenvalue weighted by Crippen LogP contribution is -2.39. The van der Waals surface area contributed by atoms with Crippen LogP contribution >= 0.6 is 0 Å². The lowest BCUT2D eigenvalue weighted by molar-refractivity contribution is -0.131. The van der Waals surface area contributed by atoms with Crippen LogP contribution in [0.25, 0.3) is 11.8 Å². The first-order valence-electron chi connectivity index (χ1n) is 12.0. The van der Waals surface area contributed by atoms with Crippen LogP contribution in [0, 0.1) is 12.8 Å². The van der Waals surface area contributed by atoms with Gasteiger partial charge in [-0.1, -0.05) is 77.1 Å². The molecule has 0 aliphatic carbocycles. The van der Waals surface area contributed by atoms with Crippen LogP contribution in [0.1, 0.15) is 51.4 Å². The molecule has 184 valence electrons. The molecule has 0 radical (unpaired) electrons. The van der Waals surface area contributed by atoms with Crippen LogP contribution in [0.2, 0.25) is 0 Å². The van der Waals surface area contributed by atoms with E-state index in [1.54, 1.807) is 15.7 Å². The monoisotopic (exact) mass is 472 g/mol. The van der Waals surface area contributed by atoms with E-state index < -0.39 is 0 Å². The molecule has 0 bridgehead atoms. The van der Waals surface area contributed by atoms with Crippen LogP contribution in [0.4, 0.5) is 5.82 Å². The number of anilines is 1. The fourth-order valence-corrected chi connectivity index (χ4v) is 3.66. The summed E-state index contributed by atoms with van der Waals surface area (Å²) in [5.74, 6) is 0.353. The van der Waals surface area contributed by atoms with E-state index in [0.29, 0.717) is 12.4 Å². The van der Waals surface area contributed by atoms with Gasteiger partial charge in [0, 0.05) is 24.1 Å². The predicted octanol–water partition coefficient (Wildman–Crippen LogP) is 5.61. The predicted molar refractivity (Wildman–Crippen MR) is 143 cm³/mol. The maximum absolute atomic E-state index is 13.1. The van der Waals surface area contributed by atoms with Crippen molar-refractivity contribution in [3.05, 3.63) is 83.6 Å². The summed E-state index contributed by atoms with van der Waals surface area (Å²) in [6.45, 7) is 12.8. The number of rotatable bonds is 8. The second-order valence-electron chi connectivity index (χ2n) is 10.3. The molecule has 3 aromatic rings. The second kappa shape index (κ2) is 11.2. The highest BCUT2D eigenvalue weighted by molar-refractivity contribution is 5.97. The minimum Gasteiger partial charge on any atom is -0.330 e. The van der Waals surface area contributed by atoms with E-state index in [0.717, 1.165) is 22.5 Å². The first kappa shape index (κ1) is 25.9. The Labute approximate surface area is 208 Å². The third-order valence-electron chi connectivity index (χ3n) is 5.44. The number of nitrogens with one attached hydrogen (secondary N) is 1. The molecule has 0 saturated carbocycles. The molecule has 6 nitrogen and oxygen atoms in total. The molecule has 1 heterocycles. The minimum atomic E-state index is -0.263. The fraction of sp³-hybridized carbons (Fsp3) is 0.345. The first-order chi connectivity index (χ1) is 16.5. The number of carbonyl (C=O) groups excluding carboxylic acids is 2. The molecule has 0 spiro atoms. The van der Waals surface area contributed by atoms with Gasteiger partial charge in [0.05, 0.1) is 11.4 Å². The molecule has 2 amide bonds. The van der Waals surface area contributed by atoms with Crippen molar-refractivity contribution >= 4 is 23.7 Å². The van der Waals surface area contributed by atoms with E-state index in [1.165, 1.54) is 6.08 Å². The minimum absolute atomic E-state index is 0.0417. The highest BCUT2D eigenvalue weighted by atomic mass is 16.2. The standard InChI is InChI=1S/C29H36N4O2/c1-21(2)19-32(28(35)16-15-23-12-8-7-9-13-23)20-27(34)30-26-18-25(29(4,5)6)31-33(26)24-14-10-11-22(3)17-24/h7-18,21H,19-20H2,1-6H3,(H,30,34)/b16-15+. The van der Waals surface area contributed by atoms with Crippen LogP contribution in [0.15, 0.2) is 66.7 Å². The van der Waals surface area contributed by atoms with Crippen LogP contribution in [-0.2, 0) is 15.0 Å². The number of nitrogens with zero attached hydrogens (tertiary/aromatic N) is 3. The van der Waals surface area contributed by atoms with E-state index in [9.17, 15) is 9.59 Å². The highest BCUT2D eigenvalue weighted by Gasteiger charge is 2.23. The summed E-state index contributed by atoms with van der Waals surface area (Å²) >= 11 is 0. The second-order valence-corrected chi connectivity index (χ2v) is 10.3. The van der Waals surface area contributed by atoms with Gasteiger partial charge in [-0.2, -0.15) is 5.10 Å². The largest absolute Gasteiger partial charge is 0.330 e. The van der Waals surface area contributed by atoms with Gasteiger partial charge < -0.3 is 10.2 Å². The van der Waals surface area contributed by atoms with Crippen molar-refractivity contribution in [3.8, 4) is 5.69 Å². The molecule has 1 N–H and O–H groups in total. The maximum Gasteiger partial charge on any atom is 0.247 e. The molecular formula is C29H36N4O2. The van der Waals surface area contributed by atoms with E-state index >= 15 is 0 Å². The summed E-state index contributed by atoms with van der Waals surface area (Å²) in [5, 5.41) is 7.78. The maximum atomic E-state index is 13.1. The molecule has 0 atom stereocenters. The van der Waals surface area contributed by atoms with Gasteiger partial charge in [0.25, 0.3) is 0 Å². The van der Waals surface area contributed by atoms with Crippen molar-refractivity contribution in [3.63, 3.8) is 0 Å². The number of aryl methyl sites for hydroxylation is 1. The summed E-state index contributed by atoms with van der Waals surface area (Å²) in [7, 11) is 0. The number of hydrogen-bond acceptors (Lipinski definition) is 3. The summed E-state index contributed by atoms with van der Waals surface area (Å²) in [6.07, 6.45) is 3.30. The first-order valence-corrected chi connectivity index (χ1v) is 12.0. The molecule has 0 aliphatic rings. The Kier molecular flexibility index (Phi) is 8.28. The zero-order chi connectivity index (χ0) is 25.6. The third-order valence-corrected chi connectivity index (χ3v) is 5.44. The smallest absolute Gasteiger partial charge is 0.247 e. The zero-order valence-electron chi connectivity index (χ0n) is 21.6. The Bertz CT molecular complexity index is 1190. The topological polar surface area (TPSA) is 67.2 Å². The molecule has 1 aromatic heterocycles. The van der Waals surface area contributed by atoms with Gasteiger partial charge in [-0.25, -0.2) is 4.68 Å². The van der Waals surface area contributed by atoms with E-state index in [1.807, 2.05) is 81.4 Å². The van der Waals surface area contributed by atoms with E-state index in [4.69, 9.17) is 5.10 Å². The van der Waals surface area contributed by atoms with Gasteiger partial charge in [0.2, 0.25) is 11.8 Å². The molecule has 0 unspecified atom stereocenters. The van der Waals surface area contributed by atoms with Gasteiger partial charge in [0.1, 0.15) is 12.4 Å². The number of amides is 2. The van der Waals surface area contributed by atoms with Crippen molar-refractivity contribution in [2.45, 2.75) is 47.0 Å². The SMILES string of the molecule is Cc1cccc(-n2nc(C(C)(C)C)cc2NC(=O)CN(CC(C)C)C(=O)/C=C/c2ccccc2)c1. The third kappa shape index (κ3) is 7.41. The summed E-state index contributed by atoms with van der Waals surface area (Å²) in [5.41, 5.74) is 3.60. The summed E-state index contributed by atoms with van der Waals surface area (Å²) in [6, 6.07) is 19.5. The average Bonchev–Trinajstić information content (AvgIpc) is 3.21. The number of carbonyl (C=O) groups is 2. The van der Waals surface area contributed by atoms with Crippen LogP contribution < -0.4 is 5.32 Å². The number of benzene rings is 2. The molecule has 0 fully saturated rings. The number of aromatic nitrogens is 2. The Hall–Kier alpha value is -3.67. The number of hydrogen-bond donors (Lipinski definition) is 1. The zero-order valence-corrected chi connectivity index (χ0v) is 21.6. The molecule has 35 heavy (non-hydrogen) atoms. The van der Waals surface area contributed by atoms with Gasteiger partial charge in [-0.3, -0.25) is 9.59 Å². The van der Waals surface area contributed by atoms with E-state index in [2.05, 4.69) is 26.1 Å². The molecule has 2 aromatic carbocycles. The Morgan fingerprint density at radius 3 is 2.40 bits per heavy atom. The molecule has 3 rings (SSSR count). The molecule has 6 heteroatoms. The Morgan fingerprint density at radius 2 is 1.77 bits per heavy atom. The van der Waals surface area contributed by atoms with E-state index in [-0.39, 0.29) is 29.7 Å². The van der Waals surface area contributed by atoms with Crippen molar-refractivity contribution in [2.75, 3.05) is 18.4 Å². The highest BCUT2D eigenvalue weighted by Crippen LogP contribution is 2.26. The van der Waals surface area contributed by atoms with Crippen molar-refractivity contribution in [2.24, 2.45) is 5.92 Å². The van der Waals surface area contributed by atoms with Crippen LogP contribution in [-0.4, -0.2) is 39.6 Å². The van der Waals surface area contributed by atoms with Crippen molar-refractivity contribution < 1.29 is 9.59 Å². The molecular weight excluding hydrogens is 436 g/mol. The van der Waals surface area contributed by atoms with Crippen LogP contribution in [0.3, 0.4) is 0 Å². The van der Waals surface area contributed by atoms with Crippen LogP contribution in [0.5, 0.6) is 0 Å². The summed E-state index contributed by atoms with van der Waals surface area (Å²) in [4.78, 5) is 27.6. The lowest BCUT2D eigenvalue weighted by Gasteiger charge is -2.23. The Morgan fingerprint density at radius 1 is 1.06 bits per heavy atom. The molecule has 0 saturated heterocycles. The summed E-state index contributed by atoms with van der Waals surface area (Å²) < 4.78 is 1.76. The van der Waals surface area contributed by atoms with Gasteiger partial charge in [-0.05, 0) is 42.2 Å². The van der Waals surface area contributed by atoms with Gasteiger partial charge in [-0.15, -0.1) is 0 Å².